The van der Waals surface area contributed by atoms with Gasteiger partial charge in [-0.1, -0.05) is 12.1 Å². The standard InChI is InChI=1S/C11H15N3O/c1-8-4-5-10(6-9(8)2)11(13-7-15)14-12-3/h4-7,12H,1-3H3,(H,13,14,15). The lowest BCUT2D eigenvalue weighted by atomic mass is 10.1. The third-order valence-electron chi connectivity index (χ3n) is 2.20. The fourth-order valence-electron chi connectivity index (χ4n) is 1.24. The smallest absolute Gasteiger partial charge is 0.212 e. The number of nitrogens with zero attached hydrogens (tertiary/aromatic N) is 1. The van der Waals surface area contributed by atoms with Crippen LogP contribution < -0.4 is 10.7 Å². The van der Waals surface area contributed by atoms with Gasteiger partial charge < -0.3 is 10.7 Å². The number of carbonyl (C=O) groups is 1. The zero-order valence-corrected chi connectivity index (χ0v) is 9.16. The Kier molecular flexibility index (Phi) is 3.85. The van der Waals surface area contributed by atoms with Gasteiger partial charge in [0.25, 0.3) is 0 Å². The number of benzene rings is 1. The molecule has 0 aliphatic rings. The molecule has 0 radical (unpaired) electrons. The lowest BCUT2D eigenvalue weighted by Gasteiger charge is -2.07. The molecule has 0 unspecified atom stereocenters. The van der Waals surface area contributed by atoms with Crippen LogP contribution in [-0.4, -0.2) is 19.3 Å². The second-order valence-corrected chi connectivity index (χ2v) is 3.25. The molecule has 0 fully saturated rings. The van der Waals surface area contributed by atoms with Crippen molar-refractivity contribution in [3.05, 3.63) is 34.9 Å². The molecule has 1 aromatic rings. The van der Waals surface area contributed by atoms with E-state index in [-0.39, 0.29) is 0 Å². The molecule has 80 valence electrons. The minimum atomic E-state index is 0.524. The van der Waals surface area contributed by atoms with E-state index in [1.807, 2.05) is 32.0 Å². The number of nitrogens with one attached hydrogen (secondary N) is 2. The predicted octanol–water partition coefficient (Wildman–Crippen LogP) is 0.930. The molecule has 0 aliphatic carbocycles. The van der Waals surface area contributed by atoms with Gasteiger partial charge in [0.05, 0.1) is 0 Å². The minimum absolute atomic E-state index is 0.524. The van der Waals surface area contributed by atoms with Crippen LogP contribution in [0.15, 0.2) is 23.3 Å². The first kappa shape index (κ1) is 11.2. The van der Waals surface area contributed by atoms with E-state index in [0.717, 1.165) is 5.56 Å². The summed E-state index contributed by atoms with van der Waals surface area (Å²) < 4.78 is 0. The van der Waals surface area contributed by atoms with Gasteiger partial charge in [-0.15, -0.1) is 0 Å². The van der Waals surface area contributed by atoms with Crippen molar-refractivity contribution in [1.82, 2.24) is 10.7 Å². The van der Waals surface area contributed by atoms with Gasteiger partial charge in [-0.2, -0.15) is 5.10 Å². The number of amides is 1. The van der Waals surface area contributed by atoms with Crippen molar-refractivity contribution in [3.8, 4) is 0 Å². The molecule has 0 aromatic heterocycles. The number of aryl methyl sites for hydroxylation is 2. The summed E-state index contributed by atoms with van der Waals surface area (Å²) in [7, 11) is 1.69. The summed E-state index contributed by atoms with van der Waals surface area (Å²) >= 11 is 0. The van der Waals surface area contributed by atoms with Gasteiger partial charge in [-0.05, 0) is 31.0 Å². The van der Waals surface area contributed by atoms with Gasteiger partial charge in [0.1, 0.15) is 0 Å². The Hall–Kier alpha value is -1.84. The van der Waals surface area contributed by atoms with Gasteiger partial charge >= 0.3 is 0 Å². The highest BCUT2D eigenvalue weighted by Crippen LogP contribution is 2.09. The highest BCUT2D eigenvalue weighted by Gasteiger charge is 2.03. The number of rotatable bonds is 3. The largest absolute Gasteiger partial charge is 0.311 e. The highest BCUT2D eigenvalue weighted by molar-refractivity contribution is 6.03. The Bertz CT molecular complexity index is 385. The number of hydrazone groups is 1. The monoisotopic (exact) mass is 205 g/mol. The molecule has 0 atom stereocenters. The lowest BCUT2D eigenvalue weighted by Crippen LogP contribution is -2.25. The number of hydrogen-bond acceptors (Lipinski definition) is 3. The maximum Gasteiger partial charge on any atom is 0.212 e. The molecule has 0 bridgehead atoms. The average molecular weight is 205 g/mol. The third-order valence-corrected chi connectivity index (χ3v) is 2.20. The quantitative estimate of drug-likeness (QED) is 0.334. The minimum Gasteiger partial charge on any atom is -0.311 e. The summed E-state index contributed by atoms with van der Waals surface area (Å²) in [4.78, 5) is 10.4. The van der Waals surface area contributed by atoms with Crippen molar-refractivity contribution in [2.45, 2.75) is 13.8 Å². The van der Waals surface area contributed by atoms with E-state index < -0.39 is 0 Å². The zero-order chi connectivity index (χ0) is 11.3. The second-order valence-electron chi connectivity index (χ2n) is 3.25. The highest BCUT2D eigenvalue weighted by atomic mass is 16.1. The Morgan fingerprint density at radius 2 is 2.07 bits per heavy atom. The molecule has 15 heavy (non-hydrogen) atoms. The molecular weight excluding hydrogens is 190 g/mol. The van der Waals surface area contributed by atoms with Crippen LogP contribution in [-0.2, 0) is 4.79 Å². The van der Waals surface area contributed by atoms with Crippen molar-refractivity contribution in [3.63, 3.8) is 0 Å². The summed E-state index contributed by atoms with van der Waals surface area (Å²) in [5.41, 5.74) is 5.93. The van der Waals surface area contributed by atoms with Crippen LogP contribution in [0.2, 0.25) is 0 Å². The van der Waals surface area contributed by atoms with Crippen LogP contribution >= 0.6 is 0 Å². The second kappa shape index (κ2) is 5.14. The summed E-state index contributed by atoms with van der Waals surface area (Å²) in [6, 6.07) is 5.92. The van der Waals surface area contributed by atoms with Crippen molar-refractivity contribution in [2.75, 3.05) is 7.05 Å². The predicted molar refractivity (Wildman–Crippen MR) is 60.7 cm³/mol. The van der Waals surface area contributed by atoms with E-state index in [0.29, 0.717) is 12.2 Å². The molecule has 0 spiro atoms. The number of carbonyl (C=O) groups excluding carboxylic acids is 1. The molecule has 2 N–H and O–H groups in total. The Labute approximate surface area is 89.4 Å². The first-order chi connectivity index (χ1) is 7.19. The van der Waals surface area contributed by atoms with E-state index >= 15 is 0 Å². The summed E-state index contributed by atoms with van der Waals surface area (Å²) in [5, 5.41) is 6.53. The Morgan fingerprint density at radius 1 is 1.33 bits per heavy atom. The maximum atomic E-state index is 10.4. The average Bonchev–Trinajstić information content (AvgIpc) is 2.22. The SMILES string of the molecule is CN/N=C(\NC=O)c1ccc(C)c(C)c1. The number of hydrogen-bond donors (Lipinski definition) is 2. The van der Waals surface area contributed by atoms with Crippen molar-refractivity contribution in [1.29, 1.82) is 0 Å². The van der Waals surface area contributed by atoms with Crippen molar-refractivity contribution >= 4 is 12.2 Å². The van der Waals surface area contributed by atoms with E-state index in [1.165, 1.54) is 11.1 Å². The fourth-order valence-corrected chi connectivity index (χ4v) is 1.24. The molecule has 0 saturated carbocycles. The molecular formula is C11H15N3O. The summed E-state index contributed by atoms with van der Waals surface area (Å²) in [6.45, 7) is 4.07. The summed E-state index contributed by atoms with van der Waals surface area (Å²) in [5.74, 6) is 0.524. The van der Waals surface area contributed by atoms with Gasteiger partial charge in [0, 0.05) is 12.6 Å². The third kappa shape index (κ3) is 2.80. The van der Waals surface area contributed by atoms with Crippen LogP contribution in [0.5, 0.6) is 0 Å². The van der Waals surface area contributed by atoms with Gasteiger partial charge in [0.15, 0.2) is 5.84 Å². The van der Waals surface area contributed by atoms with Crippen molar-refractivity contribution < 1.29 is 4.79 Å². The molecule has 0 aliphatic heterocycles. The molecule has 1 rings (SSSR count). The van der Waals surface area contributed by atoms with Crippen LogP contribution in [0.3, 0.4) is 0 Å². The lowest BCUT2D eigenvalue weighted by molar-refractivity contribution is -0.108. The molecule has 1 amide bonds. The van der Waals surface area contributed by atoms with Crippen LogP contribution in [0, 0.1) is 13.8 Å². The molecule has 0 saturated heterocycles. The Morgan fingerprint density at radius 3 is 2.60 bits per heavy atom. The van der Waals surface area contributed by atoms with E-state index in [2.05, 4.69) is 15.8 Å². The Balaban J connectivity index is 3.06. The topological polar surface area (TPSA) is 53.5 Å². The van der Waals surface area contributed by atoms with E-state index in [4.69, 9.17) is 0 Å². The molecule has 4 heteroatoms. The van der Waals surface area contributed by atoms with E-state index in [9.17, 15) is 4.79 Å². The number of amidine groups is 1. The van der Waals surface area contributed by atoms with Crippen LogP contribution in [0.1, 0.15) is 16.7 Å². The molecule has 0 heterocycles. The first-order valence-corrected chi connectivity index (χ1v) is 4.71. The van der Waals surface area contributed by atoms with Crippen LogP contribution in [0.4, 0.5) is 0 Å². The maximum absolute atomic E-state index is 10.4. The molecule has 1 aromatic carbocycles. The first-order valence-electron chi connectivity index (χ1n) is 4.71. The van der Waals surface area contributed by atoms with Gasteiger partial charge in [-0.3, -0.25) is 4.79 Å². The van der Waals surface area contributed by atoms with E-state index in [1.54, 1.807) is 7.05 Å². The van der Waals surface area contributed by atoms with Crippen molar-refractivity contribution in [2.24, 2.45) is 5.10 Å². The van der Waals surface area contributed by atoms with Gasteiger partial charge in [0.2, 0.25) is 6.41 Å². The van der Waals surface area contributed by atoms with Gasteiger partial charge in [-0.25, -0.2) is 0 Å². The summed E-state index contributed by atoms with van der Waals surface area (Å²) in [6.07, 6.45) is 0.616. The van der Waals surface area contributed by atoms with Crippen LogP contribution in [0.25, 0.3) is 0 Å². The molecule has 4 nitrogen and oxygen atoms in total. The normalized spacial score (nSPS) is 11.0. The fraction of sp³-hybridized carbons (Fsp3) is 0.273. The zero-order valence-electron chi connectivity index (χ0n) is 9.16.